The average molecular weight is 437 g/mol. The van der Waals surface area contributed by atoms with E-state index in [1.54, 1.807) is 0 Å². The second-order valence-corrected chi connectivity index (χ2v) is 9.16. The molecule has 2 N–H and O–H groups in total. The summed E-state index contributed by atoms with van der Waals surface area (Å²) in [5.41, 5.74) is 0. The highest BCUT2D eigenvalue weighted by molar-refractivity contribution is 7.80. The number of hydrogen-bond donors (Lipinski definition) is 2. The highest BCUT2D eigenvalue weighted by atomic mass is 32.3. The maximum absolute atomic E-state index is 9.63. The van der Waals surface area contributed by atoms with Gasteiger partial charge in [0.15, 0.2) is 0 Å². The summed E-state index contributed by atoms with van der Waals surface area (Å²) in [4.78, 5) is 6.87. The van der Waals surface area contributed by atoms with Crippen molar-refractivity contribution in [1.82, 2.24) is 4.90 Å². The molecule has 0 aromatic rings. The monoisotopic (exact) mass is 436 g/mol. The van der Waals surface area contributed by atoms with Crippen LogP contribution in [0.5, 0.6) is 0 Å². The Kier molecular flexibility index (Phi) is 16.6. The van der Waals surface area contributed by atoms with Crippen LogP contribution in [0.25, 0.3) is 0 Å². The van der Waals surface area contributed by atoms with Crippen LogP contribution in [0.1, 0.15) is 97.3 Å². The van der Waals surface area contributed by atoms with Crippen LogP contribution in [-0.2, 0) is 14.6 Å². The Morgan fingerprint density at radius 3 is 1.79 bits per heavy atom. The molecule has 7 nitrogen and oxygen atoms in total. The minimum absolute atomic E-state index is 0.0901. The van der Waals surface area contributed by atoms with E-state index in [4.69, 9.17) is 4.55 Å². The number of amidine groups is 1. The Morgan fingerprint density at radius 2 is 1.45 bits per heavy atom. The van der Waals surface area contributed by atoms with Crippen molar-refractivity contribution >= 4 is 16.2 Å². The summed E-state index contributed by atoms with van der Waals surface area (Å²) in [6, 6.07) is 0.0901. The molecular weight excluding hydrogens is 392 g/mol. The molecule has 0 amide bonds. The van der Waals surface area contributed by atoms with E-state index in [-0.39, 0.29) is 12.1 Å². The van der Waals surface area contributed by atoms with Crippen molar-refractivity contribution in [2.24, 2.45) is 4.99 Å². The molecule has 0 aromatic carbocycles. The van der Waals surface area contributed by atoms with E-state index < -0.39 is 10.4 Å². The molecule has 0 saturated heterocycles. The standard InChI is InChI=1S/C20H40N2O.CH4O4S/c1-4-5-6-7-8-9-10-11-12-13-14-15-16-20-21-19(18(2)23)17-22(20)3;1-5-6(2,3)4/h18-19,23H,4-17H2,1-3H3;1H3,(H,2,3,4). The maximum Gasteiger partial charge on any atom is 0.397 e. The summed E-state index contributed by atoms with van der Waals surface area (Å²) in [6.45, 7) is 5.00. The fourth-order valence-electron chi connectivity index (χ4n) is 3.36. The number of unbranched alkanes of at least 4 members (excludes halogenated alkanes) is 11. The van der Waals surface area contributed by atoms with Gasteiger partial charge in [0.2, 0.25) is 0 Å². The summed E-state index contributed by atoms with van der Waals surface area (Å²) in [5.74, 6) is 1.20. The minimum atomic E-state index is -4.16. The molecule has 1 heterocycles. The van der Waals surface area contributed by atoms with Gasteiger partial charge in [-0.25, -0.2) is 0 Å². The van der Waals surface area contributed by atoms with Crippen molar-refractivity contribution in [3.8, 4) is 0 Å². The predicted octanol–water partition coefficient (Wildman–Crippen LogP) is 4.61. The lowest BCUT2D eigenvalue weighted by molar-refractivity contribution is 0.162. The van der Waals surface area contributed by atoms with Gasteiger partial charge in [-0.1, -0.05) is 77.6 Å². The highest BCUT2D eigenvalue weighted by Gasteiger charge is 2.24. The molecule has 174 valence electrons. The lowest BCUT2D eigenvalue weighted by Crippen LogP contribution is -2.29. The number of hydrogen-bond acceptors (Lipinski definition) is 6. The van der Waals surface area contributed by atoms with Crippen LogP contribution in [0.15, 0.2) is 4.99 Å². The van der Waals surface area contributed by atoms with Crippen LogP contribution in [0.3, 0.4) is 0 Å². The second-order valence-electron chi connectivity index (χ2n) is 7.97. The molecule has 2 unspecified atom stereocenters. The first-order valence-electron chi connectivity index (χ1n) is 11.2. The smallest absolute Gasteiger partial charge is 0.391 e. The lowest BCUT2D eigenvalue weighted by atomic mass is 10.0. The molecule has 8 heteroatoms. The summed E-state index contributed by atoms with van der Waals surface area (Å²) in [5, 5.41) is 9.63. The van der Waals surface area contributed by atoms with Gasteiger partial charge >= 0.3 is 10.4 Å². The first-order chi connectivity index (χ1) is 13.7. The molecule has 1 aliphatic rings. The first kappa shape index (κ1) is 28.3. The Hall–Kier alpha value is -0.700. The van der Waals surface area contributed by atoms with Crippen LogP contribution in [0.4, 0.5) is 0 Å². The molecule has 0 bridgehead atoms. The van der Waals surface area contributed by atoms with E-state index in [2.05, 4.69) is 28.0 Å². The molecule has 1 rings (SSSR count). The van der Waals surface area contributed by atoms with Gasteiger partial charge in [-0.2, -0.15) is 8.42 Å². The van der Waals surface area contributed by atoms with Crippen molar-refractivity contribution in [1.29, 1.82) is 0 Å². The lowest BCUT2D eigenvalue weighted by Gasteiger charge is -2.15. The molecule has 0 fully saturated rings. The zero-order valence-electron chi connectivity index (χ0n) is 19.0. The molecule has 0 spiro atoms. The average Bonchev–Trinajstić information content (AvgIpc) is 3.03. The third kappa shape index (κ3) is 16.7. The predicted molar refractivity (Wildman–Crippen MR) is 120 cm³/mol. The van der Waals surface area contributed by atoms with Gasteiger partial charge in [-0.15, -0.1) is 0 Å². The van der Waals surface area contributed by atoms with Crippen LogP contribution < -0.4 is 0 Å². The van der Waals surface area contributed by atoms with Crippen molar-refractivity contribution in [3.63, 3.8) is 0 Å². The normalized spacial score (nSPS) is 17.7. The molecule has 2 atom stereocenters. The van der Waals surface area contributed by atoms with Gasteiger partial charge < -0.3 is 10.0 Å². The van der Waals surface area contributed by atoms with Gasteiger partial charge in [0.1, 0.15) is 0 Å². The summed E-state index contributed by atoms with van der Waals surface area (Å²) >= 11 is 0. The largest absolute Gasteiger partial charge is 0.397 e. The van der Waals surface area contributed by atoms with Crippen LogP contribution in [0.2, 0.25) is 0 Å². The van der Waals surface area contributed by atoms with Crippen molar-refractivity contribution in [2.45, 2.75) is 109 Å². The Bertz CT molecular complexity index is 523. The third-order valence-corrected chi connectivity index (χ3v) is 5.66. The van der Waals surface area contributed by atoms with Crippen molar-refractivity contribution in [3.05, 3.63) is 0 Å². The summed E-state index contributed by atoms with van der Waals surface area (Å²) in [7, 11) is -1.19. The maximum atomic E-state index is 9.63. The molecular formula is C21H44N2O5S. The zero-order valence-corrected chi connectivity index (χ0v) is 19.8. The molecule has 0 radical (unpaired) electrons. The zero-order chi connectivity index (χ0) is 22.1. The fraction of sp³-hybridized carbons (Fsp3) is 0.952. The Labute approximate surface area is 178 Å². The number of aliphatic hydroxyl groups excluding tert-OH is 1. The Balaban J connectivity index is 0.00000113. The quantitative estimate of drug-likeness (QED) is 0.287. The molecule has 0 aliphatic carbocycles. The van der Waals surface area contributed by atoms with Gasteiger partial charge in [-0.05, 0) is 13.3 Å². The van der Waals surface area contributed by atoms with E-state index in [1.807, 2.05) is 6.92 Å². The van der Waals surface area contributed by atoms with E-state index >= 15 is 0 Å². The first-order valence-corrected chi connectivity index (χ1v) is 12.6. The highest BCUT2D eigenvalue weighted by Crippen LogP contribution is 2.16. The van der Waals surface area contributed by atoms with Gasteiger partial charge in [0, 0.05) is 20.0 Å². The topological polar surface area (TPSA) is 99.4 Å². The molecule has 1 aliphatic heterocycles. The molecule has 29 heavy (non-hydrogen) atoms. The number of likely N-dealkylation sites (N-methyl/N-ethyl adjacent to an activating group) is 1. The van der Waals surface area contributed by atoms with E-state index in [1.165, 1.54) is 82.9 Å². The molecule has 0 saturated carbocycles. The SMILES string of the molecule is CCCCCCCCCCCCCCC1=NC(C(C)O)CN1C.COS(=O)(=O)O. The van der Waals surface area contributed by atoms with E-state index in [0.717, 1.165) is 20.1 Å². The van der Waals surface area contributed by atoms with Crippen molar-refractivity contribution in [2.75, 3.05) is 20.7 Å². The second kappa shape index (κ2) is 17.0. The van der Waals surface area contributed by atoms with E-state index in [9.17, 15) is 13.5 Å². The van der Waals surface area contributed by atoms with Crippen molar-refractivity contribution < 1.29 is 22.3 Å². The number of aliphatic imine (C=N–C) groups is 1. The van der Waals surface area contributed by atoms with Crippen LogP contribution in [-0.4, -0.2) is 61.7 Å². The van der Waals surface area contributed by atoms with E-state index in [0.29, 0.717) is 0 Å². The fourth-order valence-corrected chi connectivity index (χ4v) is 3.36. The van der Waals surface area contributed by atoms with Crippen LogP contribution in [0, 0.1) is 0 Å². The van der Waals surface area contributed by atoms with Crippen LogP contribution >= 0.6 is 0 Å². The summed E-state index contributed by atoms with van der Waals surface area (Å²) in [6.07, 6.45) is 17.4. The minimum Gasteiger partial charge on any atom is -0.391 e. The number of rotatable bonds is 15. The number of nitrogens with zero attached hydrogens (tertiary/aromatic N) is 2. The van der Waals surface area contributed by atoms with Gasteiger partial charge in [0.05, 0.1) is 25.1 Å². The van der Waals surface area contributed by atoms with Gasteiger partial charge in [-0.3, -0.25) is 13.7 Å². The Morgan fingerprint density at radius 1 is 1.03 bits per heavy atom. The number of aliphatic hydroxyl groups is 1. The third-order valence-electron chi connectivity index (χ3n) is 5.24. The molecule has 0 aromatic heterocycles. The summed E-state index contributed by atoms with van der Waals surface area (Å²) < 4.78 is 29.7. The van der Waals surface area contributed by atoms with Gasteiger partial charge in [0.25, 0.3) is 0 Å².